The van der Waals surface area contributed by atoms with E-state index in [9.17, 15) is 5.11 Å². The zero-order valence-corrected chi connectivity index (χ0v) is 13.7. The lowest BCUT2D eigenvalue weighted by Gasteiger charge is -2.14. The zero-order chi connectivity index (χ0) is 17.1. The minimum atomic E-state index is 0.0200. The van der Waals surface area contributed by atoms with Crippen LogP contribution in [0.15, 0.2) is 53.4 Å². The molecule has 0 amide bonds. The van der Waals surface area contributed by atoms with Gasteiger partial charge in [0, 0.05) is 56.3 Å². The lowest BCUT2D eigenvalue weighted by Crippen LogP contribution is -2.21. The first-order valence-electron chi connectivity index (χ1n) is 8.30. The van der Waals surface area contributed by atoms with Crippen LogP contribution in [0.4, 0.5) is 0 Å². The largest absolute Gasteiger partial charge is 0.396 e. The van der Waals surface area contributed by atoms with E-state index in [2.05, 4.69) is 25.0 Å². The third kappa shape index (κ3) is 3.42. The Balaban J connectivity index is 1.50. The number of rotatable bonds is 5. The number of aliphatic hydroxyl groups is 1. The standard InChI is InChI=1S/C18H19N5O2/c24-12-14-9-23(10-15-5-1-2-7-20-15)11-16(14)18-21-17(22-25-18)13-4-3-6-19-8-13/h1-8,14,16,24H,9-12H2/t14-,16+/m0/s1. The van der Waals surface area contributed by atoms with Crippen LogP contribution in [0, 0.1) is 5.92 Å². The van der Waals surface area contributed by atoms with Crippen LogP contribution >= 0.6 is 0 Å². The Hall–Kier alpha value is -2.64. The fraction of sp³-hybridized carbons (Fsp3) is 0.333. The normalized spacial score (nSPS) is 20.8. The minimum absolute atomic E-state index is 0.0200. The highest BCUT2D eigenvalue weighted by Gasteiger charge is 2.37. The molecule has 0 radical (unpaired) electrons. The van der Waals surface area contributed by atoms with Gasteiger partial charge in [-0.15, -0.1) is 0 Å². The van der Waals surface area contributed by atoms with Gasteiger partial charge in [0.1, 0.15) is 0 Å². The number of nitrogens with zero attached hydrogens (tertiary/aromatic N) is 5. The fourth-order valence-corrected chi connectivity index (χ4v) is 3.27. The van der Waals surface area contributed by atoms with Gasteiger partial charge in [-0.25, -0.2) is 0 Å². The summed E-state index contributed by atoms with van der Waals surface area (Å²) in [5.74, 6) is 1.20. The van der Waals surface area contributed by atoms with Gasteiger partial charge in [0.15, 0.2) is 0 Å². The quantitative estimate of drug-likeness (QED) is 0.758. The Morgan fingerprint density at radius 3 is 2.88 bits per heavy atom. The molecule has 3 aromatic heterocycles. The fourth-order valence-electron chi connectivity index (χ4n) is 3.27. The van der Waals surface area contributed by atoms with E-state index < -0.39 is 0 Å². The number of aromatic nitrogens is 4. The van der Waals surface area contributed by atoms with Gasteiger partial charge < -0.3 is 9.63 Å². The monoisotopic (exact) mass is 337 g/mol. The average Bonchev–Trinajstić information content (AvgIpc) is 3.30. The molecule has 1 N–H and O–H groups in total. The molecule has 4 heterocycles. The molecule has 0 aliphatic carbocycles. The molecule has 0 spiro atoms. The van der Waals surface area contributed by atoms with Crippen molar-refractivity contribution < 1.29 is 9.63 Å². The van der Waals surface area contributed by atoms with Crippen molar-refractivity contribution >= 4 is 0 Å². The smallest absolute Gasteiger partial charge is 0.231 e. The molecule has 7 heteroatoms. The molecule has 1 aliphatic rings. The maximum absolute atomic E-state index is 9.76. The SMILES string of the molecule is OC[C@@H]1CN(Cc2ccccn2)C[C@H]1c1nc(-c2cccnc2)no1. The summed E-state index contributed by atoms with van der Waals surface area (Å²) in [7, 11) is 0. The van der Waals surface area contributed by atoms with Crippen molar-refractivity contribution in [1.29, 1.82) is 0 Å². The second-order valence-electron chi connectivity index (χ2n) is 6.26. The highest BCUT2D eigenvalue weighted by atomic mass is 16.5. The number of hydrogen-bond donors (Lipinski definition) is 1. The highest BCUT2D eigenvalue weighted by molar-refractivity contribution is 5.51. The topological polar surface area (TPSA) is 88.2 Å². The molecule has 0 bridgehead atoms. The molecule has 0 unspecified atom stereocenters. The Kier molecular flexibility index (Phi) is 4.49. The summed E-state index contributed by atoms with van der Waals surface area (Å²) in [5.41, 5.74) is 1.84. The third-order valence-electron chi connectivity index (χ3n) is 4.54. The molecule has 128 valence electrons. The molecule has 0 aromatic carbocycles. The summed E-state index contributed by atoms with van der Waals surface area (Å²) in [4.78, 5) is 15.2. The van der Waals surface area contributed by atoms with Crippen LogP contribution in [0.5, 0.6) is 0 Å². The van der Waals surface area contributed by atoms with E-state index in [1.807, 2.05) is 30.3 Å². The predicted octanol–water partition coefficient (Wildman–Crippen LogP) is 1.73. The van der Waals surface area contributed by atoms with E-state index >= 15 is 0 Å². The van der Waals surface area contributed by atoms with Crippen LogP contribution in [0.1, 0.15) is 17.5 Å². The van der Waals surface area contributed by atoms with E-state index in [1.165, 1.54) is 0 Å². The van der Waals surface area contributed by atoms with E-state index in [0.29, 0.717) is 11.7 Å². The van der Waals surface area contributed by atoms with Gasteiger partial charge in [0.05, 0.1) is 11.6 Å². The third-order valence-corrected chi connectivity index (χ3v) is 4.54. The van der Waals surface area contributed by atoms with Gasteiger partial charge in [0.2, 0.25) is 11.7 Å². The maximum atomic E-state index is 9.76. The van der Waals surface area contributed by atoms with Crippen LogP contribution < -0.4 is 0 Å². The number of pyridine rings is 2. The second kappa shape index (κ2) is 7.08. The van der Waals surface area contributed by atoms with Gasteiger partial charge in [-0.1, -0.05) is 11.2 Å². The zero-order valence-electron chi connectivity index (χ0n) is 13.7. The van der Waals surface area contributed by atoms with Crippen molar-refractivity contribution in [3.63, 3.8) is 0 Å². The first kappa shape index (κ1) is 15.9. The van der Waals surface area contributed by atoms with Gasteiger partial charge in [-0.3, -0.25) is 14.9 Å². The van der Waals surface area contributed by atoms with Crippen LogP contribution in [-0.2, 0) is 6.54 Å². The minimum Gasteiger partial charge on any atom is -0.396 e. The van der Waals surface area contributed by atoms with E-state index in [4.69, 9.17) is 4.52 Å². The maximum Gasteiger partial charge on any atom is 0.231 e. The van der Waals surface area contributed by atoms with Crippen molar-refractivity contribution in [1.82, 2.24) is 25.0 Å². The van der Waals surface area contributed by atoms with E-state index in [0.717, 1.165) is 30.9 Å². The summed E-state index contributed by atoms with van der Waals surface area (Å²) in [5, 5.41) is 13.8. The van der Waals surface area contributed by atoms with Crippen molar-refractivity contribution in [2.75, 3.05) is 19.7 Å². The van der Waals surface area contributed by atoms with E-state index in [1.54, 1.807) is 18.6 Å². The number of aliphatic hydroxyl groups excluding tert-OH is 1. The summed E-state index contributed by atoms with van der Waals surface area (Å²) in [6.07, 6.45) is 5.21. The number of likely N-dealkylation sites (tertiary alicyclic amines) is 1. The second-order valence-corrected chi connectivity index (χ2v) is 6.26. The van der Waals surface area contributed by atoms with Crippen molar-refractivity contribution in [3.8, 4) is 11.4 Å². The molecule has 1 saturated heterocycles. The summed E-state index contributed by atoms with van der Waals surface area (Å²) in [6.45, 7) is 2.38. The molecule has 0 saturated carbocycles. The first-order valence-corrected chi connectivity index (χ1v) is 8.30. The summed E-state index contributed by atoms with van der Waals surface area (Å²) >= 11 is 0. The van der Waals surface area contributed by atoms with Gasteiger partial charge >= 0.3 is 0 Å². The molecule has 2 atom stereocenters. The van der Waals surface area contributed by atoms with Crippen LogP contribution in [0.3, 0.4) is 0 Å². The number of hydrogen-bond acceptors (Lipinski definition) is 7. The van der Waals surface area contributed by atoms with Gasteiger partial charge in [-0.2, -0.15) is 4.98 Å². The molecule has 1 fully saturated rings. The molecule has 1 aliphatic heterocycles. The van der Waals surface area contributed by atoms with Crippen LogP contribution in [0.25, 0.3) is 11.4 Å². The Labute approximate surface area is 145 Å². The van der Waals surface area contributed by atoms with E-state index in [-0.39, 0.29) is 18.4 Å². The van der Waals surface area contributed by atoms with Crippen molar-refractivity contribution in [2.45, 2.75) is 12.5 Å². The average molecular weight is 337 g/mol. The summed E-state index contributed by atoms with van der Waals surface area (Å²) < 4.78 is 5.49. The highest BCUT2D eigenvalue weighted by Crippen LogP contribution is 2.33. The lowest BCUT2D eigenvalue weighted by atomic mass is 9.97. The first-order chi connectivity index (χ1) is 12.3. The lowest BCUT2D eigenvalue weighted by molar-refractivity contribution is 0.204. The van der Waals surface area contributed by atoms with Crippen molar-refractivity contribution in [2.24, 2.45) is 5.92 Å². The Bertz CT molecular complexity index is 809. The van der Waals surface area contributed by atoms with Gasteiger partial charge in [0.25, 0.3) is 0 Å². The van der Waals surface area contributed by atoms with Crippen molar-refractivity contribution in [3.05, 3.63) is 60.5 Å². The molecule has 7 nitrogen and oxygen atoms in total. The molecule has 25 heavy (non-hydrogen) atoms. The molecular weight excluding hydrogens is 318 g/mol. The van der Waals surface area contributed by atoms with Crippen LogP contribution in [-0.4, -0.2) is 49.8 Å². The predicted molar refractivity (Wildman–Crippen MR) is 90.4 cm³/mol. The summed E-state index contributed by atoms with van der Waals surface area (Å²) in [6, 6.07) is 9.64. The Morgan fingerprint density at radius 2 is 2.12 bits per heavy atom. The Morgan fingerprint density at radius 1 is 1.16 bits per heavy atom. The molecule has 4 rings (SSSR count). The molecular formula is C18H19N5O2. The molecule has 3 aromatic rings. The van der Waals surface area contributed by atoms with Gasteiger partial charge in [-0.05, 0) is 24.3 Å². The van der Waals surface area contributed by atoms with Crippen LogP contribution in [0.2, 0.25) is 0 Å².